The van der Waals surface area contributed by atoms with E-state index in [2.05, 4.69) is 51.7 Å². The molecular weight excluding hydrogens is 242 g/mol. The average molecular weight is 269 g/mol. The van der Waals surface area contributed by atoms with Crippen LogP contribution in [0.5, 0.6) is 0 Å². The lowest BCUT2D eigenvalue weighted by Crippen LogP contribution is -2.37. The maximum atomic E-state index is 6.13. The minimum Gasteiger partial charge on any atom is -0.373 e. The second kappa shape index (κ2) is 5.59. The fraction of sp³-hybridized carbons (Fsp3) is 0.857. The number of nitrogens with zero attached hydrogens (tertiary/aromatic N) is 2. The third kappa shape index (κ3) is 4.28. The van der Waals surface area contributed by atoms with Gasteiger partial charge in [0.1, 0.15) is 6.10 Å². The Bertz CT molecular complexity index is 402. The van der Waals surface area contributed by atoms with Gasteiger partial charge in [-0.15, -0.1) is 0 Å². The van der Waals surface area contributed by atoms with Crippen molar-refractivity contribution in [3.63, 3.8) is 0 Å². The van der Waals surface area contributed by atoms with Crippen molar-refractivity contribution in [3.8, 4) is 0 Å². The Morgan fingerprint density at radius 1 is 1.16 bits per heavy atom. The van der Waals surface area contributed by atoms with Gasteiger partial charge >= 0.3 is 0 Å². The molecule has 5 nitrogen and oxygen atoms in total. The fourth-order valence-electron chi connectivity index (χ4n) is 1.80. The standard InChI is InChI=1S/C14H27N3O2/c1-13(2,3)9(15)8-10-16-12(17-19-10)11(18-7)14(4,5)6/h9,11H,8,15H2,1-7H3. The monoisotopic (exact) mass is 269 g/mol. The maximum absolute atomic E-state index is 6.13. The molecular formula is C14H27N3O2. The zero-order chi connectivity index (χ0) is 14.8. The molecule has 19 heavy (non-hydrogen) atoms. The molecule has 1 aromatic heterocycles. The molecule has 2 unspecified atom stereocenters. The van der Waals surface area contributed by atoms with E-state index in [4.69, 9.17) is 15.0 Å². The van der Waals surface area contributed by atoms with Crippen LogP contribution in [0.15, 0.2) is 4.52 Å². The molecule has 0 aromatic carbocycles. The number of ether oxygens (including phenoxy) is 1. The van der Waals surface area contributed by atoms with E-state index >= 15 is 0 Å². The van der Waals surface area contributed by atoms with Crippen molar-refractivity contribution >= 4 is 0 Å². The number of hydrogen-bond donors (Lipinski definition) is 1. The molecule has 2 atom stereocenters. The average Bonchev–Trinajstić information content (AvgIpc) is 2.63. The summed E-state index contributed by atoms with van der Waals surface area (Å²) in [5.41, 5.74) is 6.06. The van der Waals surface area contributed by atoms with E-state index < -0.39 is 0 Å². The van der Waals surface area contributed by atoms with Gasteiger partial charge in [0, 0.05) is 19.6 Å². The molecule has 110 valence electrons. The largest absolute Gasteiger partial charge is 0.373 e. The van der Waals surface area contributed by atoms with Crippen LogP contribution in [0, 0.1) is 10.8 Å². The second-order valence-corrected chi connectivity index (χ2v) is 7.20. The van der Waals surface area contributed by atoms with Crippen LogP contribution in [-0.2, 0) is 11.2 Å². The van der Waals surface area contributed by atoms with Crippen LogP contribution in [0.25, 0.3) is 0 Å². The van der Waals surface area contributed by atoms with Gasteiger partial charge in [-0.2, -0.15) is 4.98 Å². The Labute approximate surface area is 115 Å². The highest BCUT2D eigenvalue weighted by Gasteiger charge is 2.31. The summed E-state index contributed by atoms with van der Waals surface area (Å²) in [6.45, 7) is 12.5. The number of methoxy groups -OCH3 is 1. The van der Waals surface area contributed by atoms with Crippen LogP contribution in [0.4, 0.5) is 0 Å². The van der Waals surface area contributed by atoms with Crippen molar-refractivity contribution in [2.24, 2.45) is 16.6 Å². The Hall–Kier alpha value is -0.940. The van der Waals surface area contributed by atoms with Crippen LogP contribution >= 0.6 is 0 Å². The maximum Gasteiger partial charge on any atom is 0.228 e. The molecule has 0 saturated carbocycles. The molecule has 0 aliphatic rings. The van der Waals surface area contributed by atoms with E-state index in [0.29, 0.717) is 18.1 Å². The van der Waals surface area contributed by atoms with Gasteiger partial charge < -0.3 is 15.0 Å². The number of hydrogen-bond acceptors (Lipinski definition) is 5. The number of nitrogens with two attached hydrogens (primary N) is 1. The zero-order valence-corrected chi connectivity index (χ0v) is 13.2. The van der Waals surface area contributed by atoms with Gasteiger partial charge in [-0.3, -0.25) is 0 Å². The highest BCUT2D eigenvalue weighted by Crippen LogP contribution is 2.34. The summed E-state index contributed by atoms with van der Waals surface area (Å²) < 4.78 is 10.8. The molecule has 0 radical (unpaired) electrons. The van der Waals surface area contributed by atoms with Gasteiger partial charge in [0.25, 0.3) is 0 Å². The Morgan fingerprint density at radius 3 is 2.16 bits per heavy atom. The second-order valence-electron chi connectivity index (χ2n) is 7.20. The van der Waals surface area contributed by atoms with Crippen LogP contribution < -0.4 is 5.73 Å². The van der Waals surface area contributed by atoms with Gasteiger partial charge in [0.15, 0.2) is 0 Å². The van der Waals surface area contributed by atoms with E-state index in [9.17, 15) is 0 Å². The Kier molecular flexibility index (Phi) is 4.74. The van der Waals surface area contributed by atoms with Crippen LogP contribution in [0.3, 0.4) is 0 Å². The zero-order valence-electron chi connectivity index (χ0n) is 13.2. The third-order valence-electron chi connectivity index (χ3n) is 3.25. The predicted molar refractivity (Wildman–Crippen MR) is 74.6 cm³/mol. The van der Waals surface area contributed by atoms with Crippen molar-refractivity contribution < 1.29 is 9.26 Å². The van der Waals surface area contributed by atoms with Crippen LogP contribution in [-0.4, -0.2) is 23.3 Å². The first kappa shape index (κ1) is 16.1. The normalized spacial score (nSPS) is 16.4. The summed E-state index contributed by atoms with van der Waals surface area (Å²) >= 11 is 0. The first-order valence-electron chi connectivity index (χ1n) is 6.66. The first-order valence-corrected chi connectivity index (χ1v) is 6.66. The lowest BCUT2D eigenvalue weighted by molar-refractivity contribution is 0.00718. The smallest absolute Gasteiger partial charge is 0.228 e. The Morgan fingerprint density at radius 2 is 1.74 bits per heavy atom. The Balaban J connectivity index is 2.83. The summed E-state index contributed by atoms with van der Waals surface area (Å²) in [6, 6.07) is -0.0172. The van der Waals surface area contributed by atoms with E-state index in [0.717, 1.165) is 0 Å². The van der Waals surface area contributed by atoms with Crippen molar-refractivity contribution in [2.45, 2.75) is 60.1 Å². The van der Waals surface area contributed by atoms with Gasteiger partial charge in [0.2, 0.25) is 11.7 Å². The summed E-state index contributed by atoms with van der Waals surface area (Å²) in [5.74, 6) is 1.16. The quantitative estimate of drug-likeness (QED) is 0.909. The van der Waals surface area contributed by atoms with Crippen molar-refractivity contribution in [2.75, 3.05) is 7.11 Å². The molecule has 5 heteroatoms. The third-order valence-corrected chi connectivity index (χ3v) is 3.25. The minimum absolute atomic E-state index is 0.0132. The molecule has 1 heterocycles. The molecule has 1 aromatic rings. The summed E-state index contributed by atoms with van der Waals surface area (Å²) in [7, 11) is 1.66. The minimum atomic E-state index is -0.184. The molecule has 0 saturated heterocycles. The number of aromatic nitrogens is 2. The van der Waals surface area contributed by atoms with Gasteiger partial charge in [0.05, 0.1) is 0 Å². The van der Waals surface area contributed by atoms with Crippen LogP contribution in [0.2, 0.25) is 0 Å². The number of rotatable bonds is 4. The summed E-state index contributed by atoms with van der Waals surface area (Å²) in [5, 5.41) is 4.02. The summed E-state index contributed by atoms with van der Waals surface area (Å²) in [6.07, 6.45) is 0.396. The van der Waals surface area contributed by atoms with E-state index in [1.807, 2.05) is 0 Å². The topological polar surface area (TPSA) is 74.2 Å². The lowest BCUT2D eigenvalue weighted by atomic mass is 9.85. The van der Waals surface area contributed by atoms with Gasteiger partial charge in [-0.25, -0.2) is 0 Å². The molecule has 1 rings (SSSR count). The SMILES string of the molecule is COC(c1noc(CC(N)C(C)(C)C)n1)C(C)(C)C. The first-order chi connectivity index (χ1) is 8.55. The molecule has 0 amide bonds. The highest BCUT2D eigenvalue weighted by molar-refractivity contribution is 4.98. The van der Waals surface area contributed by atoms with Gasteiger partial charge in [-0.05, 0) is 10.8 Å². The van der Waals surface area contributed by atoms with E-state index in [1.54, 1.807) is 7.11 Å². The van der Waals surface area contributed by atoms with E-state index in [-0.39, 0.29) is 23.0 Å². The summed E-state index contributed by atoms with van der Waals surface area (Å²) in [4.78, 5) is 4.42. The molecule has 0 fully saturated rings. The lowest BCUT2D eigenvalue weighted by Gasteiger charge is -2.26. The molecule has 2 N–H and O–H groups in total. The van der Waals surface area contributed by atoms with Crippen molar-refractivity contribution in [1.29, 1.82) is 0 Å². The predicted octanol–water partition coefficient (Wildman–Crippen LogP) is 2.72. The van der Waals surface area contributed by atoms with Crippen molar-refractivity contribution in [1.82, 2.24) is 10.1 Å². The molecule has 0 spiro atoms. The molecule has 0 bridgehead atoms. The molecule has 0 aliphatic carbocycles. The van der Waals surface area contributed by atoms with Crippen LogP contribution in [0.1, 0.15) is 59.4 Å². The fourth-order valence-corrected chi connectivity index (χ4v) is 1.80. The van der Waals surface area contributed by atoms with Crippen molar-refractivity contribution in [3.05, 3.63) is 11.7 Å². The molecule has 0 aliphatic heterocycles. The highest BCUT2D eigenvalue weighted by atomic mass is 16.5. The van der Waals surface area contributed by atoms with Gasteiger partial charge in [-0.1, -0.05) is 46.7 Å². The van der Waals surface area contributed by atoms with E-state index in [1.165, 1.54) is 0 Å².